The first-order chi connectivity index (χ1) is 13.3. The number of anilines is 2. The molecule has 4 heteroatoms. The van der Waals surface area contributed by atoms with Gasteiger partial charge in [0, 0.05) is 11.6 Å². The van der Waals surface area contributed by atoms with E-state index in [9.17, 15) is 9.59 Å². The quantitative estimate of drug-likeness (QED) is 0.711. The van der Waals surface area contributed by atoms with Crippen molar-refractivity contribution in [3.05, 3.63) is 59.7 Å². The first-order valence-corrected chi connectivity index (χ1v) is 10.2. The largest absolute Gasteiger partial charge is 0.325 e. The van der Waals surface area contributed by atoms with Gasteiger partial charge in [-0.3, -0.25) is 9.59 Å². The Morgan fingerprint density at radius 3 is 2.14 bits per heavy atom. The van der Waals surface area contributed by atoms with Gasteiger partial charge in [0.25, 0.3) is 5.91 Å². The van der Waals surface area contributed by atoms with Crippen LogP contribution in [0, 0.1) is 5.92 Å². The summed E-state index contributed by atoms with van der Waals surface area (Å²) in [5.74, 6) is -0.146. The molecule has 28 heavy (non-hydrogen) atoms. The monoisotopic (exact) mass is 378 g/mol. The fourth-order valence-corrected chi connectivity index (χ4v) is 3.64. The lowest BCUT2D eigenvalue weighted by atomic mass is 9.87. The van der Waals surface area contributed by atoms with Crippen molar-refractivity contribution in [3.63, 3.8) is 0 Å². The zero-order valence-corrected chi connectivity index (χ0v) is 17.0. The highest BCUT2D eigenvalue weighted by Crippen LogP contribution is 2.27. The number of hydrogen-bond acceptors (Lipinski definition) is 2. The average molecular weight is 379 g/mol. The molecule has 2 aromatic carbocycles. The number of para-hydroxylation sites is 1. The maximum absolute atomic E-state index is 12.8. The Labute approximate surface area is 167 Å². The standard InChI is InChI=1S/C24H30N2O2/c1-24(2,3)18-13-15-19(16-14-18)25-23(28)20-11-7-8-12-21(20)26-22(27)17-9-5-4-6-10-17/h7-8,11-17H,4-6,9-10H2,1-3H3,(H,25,28)(H,26,27). The molecule has 0 spiro atoms. The molecule has 3 rings (SSSR count). The summed E-state index contributed by atoms with van der Waals surface area (Å²) in [6, 6.07) is 15.1. The summed E-state index contributed by atoms with van der Waals surface area (Å²) in [7, 11) is 0. The van der Waals surface area contributed by atoms with E-state index in [1.54, 1.807) is 12.1 Å². The topological polar surface area (TPSA) is 58.2 Å². The molecule has 0 bridgehead atoms. The molecule has 0 radical (unpaired) electrons. The molecule has 0 saturated heterocycles. The Hall–Kier alpha value is -2.62. The molecule has 1 fully saturated rings. The van der Waals surface area contributed by atoms with E-state index >= 15 is 0 Å². The molecule has 0 heterocycles. The minimum atomic E-state index is -0.219. The zero-order chi connectivity index (χ0) is 20.1. The highest BCUT2D eigenvalue weighted by Gasteiger charge is 2.22. The van der Waals surface area contributed by atoms with Crippen molar-refractivity contribution >= 4 is 23.2 Å². The number of rotatable bonds is 4. The molecule has 2 aromatic rings. The Kier molecular flexibility index (Phi) is 6.18. The Morgan fingerprint density at radius 1 is 0.857 bits per heavy atom. The maximum atomic E-state index is 12.8. The van der Waals surface area contributed by atoms with Crippen molar-refractivity contribution in [3.8, 4) is 0 Å². The summed E-state index contributed by atoms with van der Waals surface area (Å²) >= 11 is 0. The van der Waals surface area contributed by atoms with Gasteiger partial charge in [0.1, 0.15) is 0 Å². The van der Waals surface area contributed by atoms with Crippen LogP contribution in [0.4, 0.5) is 11.4 Å². The highest BCUT2D eigenvalue weighted by molar-refractivity contribution is 6.10. The van der Waals surface area contributed by atoms with E-state index in [-0.39, 0.29) is 23.1 Å². The molecular weight excluding hydrogens is 348 g/mol. The van der Waals surface area contributed by atoms with Crippen LogP contribution in [0.25, 0.3) is 0 Å². The molecule has 0 atom stereocenters. The zero-order valence-electron chi connectivity index (χ0n) is 17.0. The van der Waals surface area contributed by atoms with Crippen molar-refractivity contribution < 1.29 is 9.59 Å². The van der Waals surface area contributed by atoms with E-state index < -0.39 is 0 Å². The molecule has 148 valence electrons. The van der Waals surface area contributed by atoms with Gasteiger partial charge in [0.05, 0.1) is 11.3 Å². The van der Waals surface area contributed by atoms with Gasteiger partial charge in [-0.2, -0.15) is 0 Å². The van der Waals surface area contributed by atoms with E-state index in [4.69, 9.17) is 0 Å². The van der Waals surface area contributed by atoms with Gasteiger partial charge in [0.2, 0.25) is 5.91 Å². The summed E-state index contributed by atoms with van der Waals surface area (Å²) in [4.78, 5) is 25.4. The Balaban J connectivity index is 1.71. The number of carbonyl (C=O) groups is 2. The van der Waals surface area contributed by atoms with Gasteiger partial charge in [-0.05, 0) is 48.1 Å². The summed E-state index contributed by atoms with van der Waals surface area (Å²) in [5.41, 5.74) is 3.07. The fourth-order valence-electron chi connectivity index (χ4n) is 3.64. The molecule has 1 saturated carbocycles. The molecule has 4 nitrogen and oxygen atoms in total. The summed E-state index contributed by atoms with van der Waals surface area (Å²) < 4.78 is 0. The van der Waals surface area contributed by atoms with Crippen LogP contribution in [0.15, 0.2) is 48.5 Å². The van der Waals surface area contributed by atoms with Crippen LogP contribution < -0.4 is 10.6 Å². The summed E-state index contributed by atoms with van der Waals surface area (Å²) in [6.45, 7) is 6.48. The van der Waals surface area contributed by atoms with Crippen LogP contribution in [0.5, 0.6) is 0 Å². The van der Waals surface area contributed by atoms with Gasteiger partial charge in [-0.25, -0.2) is 0 Å². The van der Waals surface area contributed by atoms with Crippen LogP contribution in [0.2, 0.25) is 0 Å². The van der Waals surface area contributed by atoms with Crippen molar-refractivity contribution in [2.45, 2.75) is 58.3 Å². The number of carbonyl (C=O) groups excluding carboxylic acids is 2. The highest BCUT2D eigenvalue weighted by atomic mass is 16.2. The molecular formula is C24H30N2O2. The SMILES string of the molecule is CC(C)(C)c1ccc(NC(=O)c2ccccc2NC(=O)C2CCCCC2)cc1. The van der Waals surface area contributed by atoms with E-state index in [1.807, 2.05) is 36.4 Å². The lowest BCUT2D eigenvalue weighted by Gasteiger charge is -2.21. The van der Waals surface area contributed by atoms with Crippen molar-refractivity contribution in [2.75, 3.05) is 10.6 Å². The number of nitrogens with one attached hydrogen (secondary N) is 2. The van der Waals surface area contributed by atoms with Gasteiger partial charge in [-0.1, -0.05) is 64.3 Å². The van der Waals surface area contributed by atoms with E-state index in [2.05, 4.69) is 31.4 Å². The van der Waals surface area contributed by atoms with Crippen LogP contribution >= 0.6 is 0 Å². The summed E-state index contributed by atoms with van der Waals surface area (Å²) in [6.07, 6.45) is 5.27. The molecule has 0 unspecified atom stereocenters. The molecule has 1 aliphatic rings. The van der Waals surface area contributed by atoms with Crippen LogP contribution in [-0.2, 0) is 10.2 Å². The minimum absolute atomic E-state index is 0.0227. The molecule has 0 aliphatic heterocycles. The van der Waals surface area contributed by atoms with Crippen LogP contribution in [0.1, 0.15) is 68.8 Å². The van der Waals surface area contributed by atoms with Gasteiger partial charge >= 0.3 is 0 Å². The van der Waals surface area contributed by atoms with E-state index in [0.717, 1.165) is 31.4 Å². The number of amides is 2. The average Bonchev–Trinajstić information content (AvgIpc) is 2.68. The van der Waals surface area contributed by atoms with Crippen molar-refractivity contribution in [2.24, 2.45) is 5.92 Å². The first-order valence-electron chi connectivity index (χ1n) is 10.2. The normalized spacial score (nSPS) is 15.1. The lowest BCUT2D eigenvalue weighted by molar-refractivity contribution is -0.120. The second kappa shape index (κ2) is 8.59. The lowest BCUT2D eigenvalue weighted by Crippen LogP contribution is -2.26. The third kappa shape index (κ3) is 5.00. The molecule has 2 N–H and O–H groups in total. The third-order valence-corrected chi connectivity index (χ3v) is 5.41. The fraction of sp³-hybridized carbons (Fsp3) is 0.417. The van der Waals surface area contributed by atoms with E-state index in [1.165, 1.54) is 12.0 Å². The van der Waals surface area contributed by atoms with Crippen LogP contribution in [-0.4, -0.2) is 11.8 Å². The van der Waals surface area contributed by atoms with E-state index in [0.29, 0.717) is 11.3 Å². The summed E-state index contributed by atoms with van der Waals surface area (Å²) in [5, 5.41) is 5.92. The number of hydrogen-bond donors (Lipinski definition) is 2. The first kappa shape index (κ1) is 20.1. The van der Waals surface area contributed by atoms with Crippen LogP contribution in [0.3, 0.4) is 0 Å². The minimum Gasteiger partial charge on any atom is -0.325 e. The van der Waals surface area contributed by atoms with Crippen molar-refractivity contribution in [1.82, 2.24) is 0 Å². The maximum Gasteiger partial charge on any atom is 0.257 e. The molecule has 2 amide bonds. The number of benzene rings is 2. The predicted molar refractivity (Wildman–Crippen MR) is 115 cm³/mol. The second-order valence-corrected chi connectivity index (χ2v) is 8.65. The van der Waals surface area contributed by atoms with Gasteiger partial charge in [-0.15, -0.1) is 0 Å². The Morgan fingerprint density at radius 2 is 1.50 bits per heavy atom. The molecule has 0 aromatic heterocycles. The second-order valence-electron chi connectivity index (χ2n) is 8.65. The van der Waals surface area contributed by atoms with Gasteiger partial charge < -0.3 is 10.6 Å². The van der Waals surface area contributed by atoms with Gasteiger partial charge in [0.15, 0.2) is 0 Å². The molecule has 1 aliphatic carbocycles. The smallest absolute Gasteiger partial charge is 0.257 e. The Bertz CT molecular complexity index is 828. The third-order valence-electron chi connectivity index (χ3n) is 5.41. The van der Waals surface area contributed by atoms with Crippen molar-refractivity contribution in [1.29, 1.82) is 0 Å². The predicted octanol–water partition coefficient (Wildman–Crippen LogP) is 5.76.